The molecule has 23 heavy (non-hydrogen) atoms. The highest BCUT2D eigenvalue weighted by atomic mass is 32.2. The summed E-state index contributed by atoms with van der Waals surface area (Å²) in [5.74, 6) is -1.26. The van der Waals surface area contributed by atoms with Crippen molar-refractivity contribution in [2.75, 3.05) is 19.7 Å². The molecule has 2 heterocycles. The van der Waals surface area contributed by atoms with Gasteiger partial charge in [0.1, 0.15) is 5.82 Å². The highest BCUT2D eigenvalue weighted by Crippen LogP contribution is 2.36. The number of halogens is 1. The monoisotopic (exact) mass is 342 g/mol. The van der Waals surface area contributed by atoms with E-state index in [-0.39, 0.29) is 16.1 Å². The average molecular weight is 342 g/mol. The molecule has 1 aromatic rings. The van der Waals surface area contributed by atoms with E-state index in [1.807, 2.05) is 0 Å². The average Bonchev–Trinajstić information content (AvgIpc) is 2.95. The van der Waals surface area contributed by atoms with E-state index in [4.69, 9.17) is 9.88 Å². The first-order valence-electron chi connectivity index (χ1n) is 7.56. The fraction of sp³-hybridized carbons (Fsp3) is 0.533. The number of nitrogens with zero attached hydrogens (tertiary/aromatic N) is 1. The lowest BCUT2D eigenvalue weighted by Gasteiger charge is -2.38. The second-order valence-electron chi connectivity index (χ2n) is 6.11. The van der Waals surface area contributed by atoms with Crippen LogP contribution in [0, 0.1) is 5.82 Å². The van der Waals surface area contributed by atoms with Crippen LogP contribution >= 0.6 is 0 Å². The second kappa shape index (κ2) is 5.85. The summed E-state index contributed by atoms with van der Waals surface area (Å²) in [6.07, 6.45) is 3.45. The molecule has 3 rings (SSSR count). The highest BCUT2D eigenvalue weighted by Gasteiger charge is 2.39. The van der Waals surface area contributed by atoms with Crippen molar-refractivity contribution < 1.29 is 22.3 Å². The van der Waals surface area contributed by atoms with E-state index >= 15 is 0 Å². The van der Waals surface area contributed by atoms with Gasteiger partial charge in [0.15, 0.2) is 0 Å². The van der Waals surface area contributed by atoms with Gasteiger partial charge >= 0.3 is 0 Å². The van der Waals surface area contributed by atoms with Crippen molar-refractivity contribution in [3.05, 3.63) is 29.6 Å². The number of ether oxygens (including phenoxy) is 1. The standard InChI is InChI=1S/C15H19FN2O4S/c16-13-3-2-11(23(17,20)21)10-12(13)14(19)18-7-5-15(6-8-18)4-1-9-22-15/h2-3,10H,1,4-9H2,(H2,17,20,21). The predicted octanol–water partition coefficient (Wildman–Crippen LogP) is 1.26. The van der Waals surface area contributed by atoms with E-state index in [0.717, 1.165) is 50.5 Å². The van der Waals surface area contributed by atoms with Crippen LogP contribution in [0.25, 0.3) is 0 Å². The molecule has 2 saturated heterocycles. The van der Waals surface area contributed by atoms with Crippen LogP contribution in [0.1, 0.15) is 36.0 Å². The quantitative estimate of drug-likeness (QED) is 0.876. The first kappa shape index (κ1) is 16.4. The number of hydrogen-bond donors (Lipinski definition) is 1. The van der Waals surface area contributed by atoms with Crippen LogP contribution in [-0.4, -0.2) is 44.5 Å². The molecule has 0 aliphatic carbocycles. The molecule has 0 atom stereocenters. The fourth-order valence-corrected chi connectivity index (χ4v) is 3.82. The maximum absolute atomic E-state index is 13.9. The number of hydrogen-bond acceptors (Lipinski definition) is 4. The molecule has 0 bridgehead atoms. The molecule has 0 aromatic heterocycles. The third kappa shape index (κ3) is 3.24. The number of amides is 1. The molecule has 2 N–H and O–H groups in total. The zero-order valence-corrected chi connectivity index (χ0v) is 13.4. The lowest BCUT2D eigenvalue weighted by Crippen LogP contribution is -2.46. The van der Waals surface area contributed by atoms with E-state index < -0.39 is 21.7 Å². The lowest BCUT2D eigenvalue weighted by atomic mass is 9.88. The largest absolute Gasteiger partial charge is 0.375 e. The first-order valence-corrected chi connectivity index (χ1v) is 9.11. The Morgan fingerprint density at radius 3 is 2.52 bits per heavy atom. The number of nitrogens with two attached hydrogens (primary N) is 1. The van der Waals surface area contributed by atoms with Crippen LogP contribution in [-0.2, 0) is 14.8 Å². The van der Waals surface area contributed by atoms with Gasteiger partial charge in [-0.05, 0) is 43.9 Å². The van der Waals surface area contributed by atoms with Gasteiger partial charge in [-0.3, -0.25) is 4.79 Å². The van der Waals surface area contributed by atoms with Gasteiger partial charge in [-0.15, -0.1) is 0 Å². The summed E-state index contributed by atoms with van der Waals surface area (Å²) >= 11 is 0. The number of rotatable bonds is 2. The molecule has 2 fully saturated rings. The molecule has 0 unspecified atom stereocenters. The van der Waals surface area contributed by atoms with E-state index in [2.05, 4.69) is 0 Å². The molecule has 1 aromatic carbocycles. The van der Waals surface area contributed by atoms with Gasteiger partial charge in [-0.25, -0.2) is 17.9 Å². The van der Waals surface area contributed by atoms with Gasteiger partial charge in [0.05, 0.1) is 16.1 Å². The molecule has 1 spiro atoms. The summed E-state index contributed by atoms with van der Waals surface area (Å²) in [5, 5.41) is 5.04. The van der Waals surface area contributed by atoms with Crippen molar-refractivity contribution in [2.24, 2.45) is 5.14 Å². The normalized spacial score (nSPS) is 20.9. The third-order valence-electron chi connectivity index (χ3n) is 4.64. The number of primary sulfonamides is 1. The molecule has 8 heteroatoms. The maximum atomic E-state index is 13.9. The Balaban J connectivity index is 1.78. The summed E-state index contributed by atoms with van der Waals surface area (Å²) in [6.45, 7) is 1.69. The Morgan fingerprint density at radius 1 is 1.26 bits per heavy atom. The van der Waals surface area contributed by atoms with E-state index in [0.29, 0.717) is 13.1 Å². The minimum absolute atomic E-state index is 0.141. The SMILES string of the molecule is NS(=O)(=O)c1ccc(F)c(C(=O)N2CCC3(CCCO3)CC2)c1. The van der Waals surface area contributed by atoms with Crippen LogP contribution in [0.4, 0.5) is 4.39 Å². The molecular weight excluding hydrogens is 323 g/mol. The summed E-state index contributed by atoms with van der Waals surface area (Å²) in [7, 11) is -3.98. The zero-order chi connectivity index (χ0) is 16.7. The summed E-state index contributed by atoms with van der Waals surface area (Å²) in [6, 6.07) is 3.01. The van der Waals surface area contributed by atoms with Gasteiger partial charge in [-0.1, -0.05) is 0 Å². The highest BCUT2D eigenvalue weighted by molar-refractivity contribution is 7.89. The van der Waals surface area contributed by atoms with Crippen molar-refractivity contribution in [1.82, 2.24) is 4.90 Å². The lowest BCUT2D eigenvalue weighted by molar-refractivity contribution is -0.0387. The molecule has 0 saturated carbocycles. The van der Waals surface area contributed by atoms with Crippen LogP contribution in [0.5, 0.6) is 0 Å². The summed E-state index contributed by atoms with van der Waals surface area (Å²) in [4.78, 5) is 13.8. The summed E-state index contributed by atoms with van der Waals surface area (Å²) < 4.78 is 42.5. The predicted molar refractivity (Wildman–Crippen MR) is 80.8 cm³/mol. The fourth-order valence-electron chi connectivity index (χ4n) is 3.28. The molecule has 1 amide bonds. The zero-order valence-electron chi connectivity index (χ0n) is 12.6. The van der Waals surface area contributed by atoms with Crippen LogP contribution < -0.4 is 5.14 Å². The van der Waals surface area contributed by atoms with Crippen molar-refractivity contribution in [1.29, 1.82) is 0 Å². The molecule has 126 valence electrons. The van der Waals surface area contributed by atoms with Gasteiger partial charge in [0, 0.05) is 19.7 Å². The molecule has 0 radical (unpaired) electrons. The maximum Gasteiger partial charge on any atom is 0.256 e. The minimum atomic E-state index is -3.98. The van der Waals surface area contributed by atoms with Crippen LogP contribution in [0.15, 0.2) is 23.1 Å². The van der Waals surface area contributed by atoms with Gasteiger partial charge < -0.3 is 9.64 Å². The number of piperidine rings is 1. The van der Waals surface area contributed by atoms with Gasteiger partial charge in [-0.2, -0.15) is 0 Å². The Hall–Kier alpha value is -1.51. The number of likely N-dealkylation sites (tertiary alicyclic amines) is 1. The molecule has 2 aliphatic heterocycles. The van der Waals surface area contributed by atoms with Crippen LogP contribution in [0.2, 0.25) is 0 Å². The topological polar surface area (TPSA) is 89.7 Å². The molecular formula is C15H19FN2O4S. The Kier molecular flexibility index (Phi) is 4.16. The summed E-state index contributed by atoms with van der Waals surface area (Å²) in [5.41, 5.74) is -0.405. The Labute approximate surface area is 134 Å². The van der Waals surface area contributed by atoms with E-state index in [9.17, 15) is 17.6 Å². The van der Waals surface area contributed by atoms with E-state index in [1.165, 1.54) is 4.90 Å². The first-order chi connectivity index (χ1) is 10.8. The number of sulfonamides is 1. The van der Waals surface area contributed by atoms with Gasteiger partial charge in [0.2, 0.25) is 10.0 Å². The molecule has 6 nitrogen and oxygen atoms in total. The number of carbonyl (C=O) groups excluding carboxylic acids is 1. The van der Waals surface area contributed by atoms with Crippen molar-refractivity contribution in [3.63, 3.8) is 0 Å². The minimum Gasteiger partial charge on any atom is -0.375 e. The van der Waals surface area contributed by atoms with Crippen molar-refractivity contribution >= 4 is 15.9 Å². The smallest absolute Gasteiger partial charge is 0.256 e. The van der Waals surface area contributed by atoms with Gasteiger partial charge in [0.25, 0.3) is 5.91 Å². The molecule has 2 aliphatic rings. The van der Waals surface area contributed by atoms with Crippen molar-refractivity contribution in [3.8, 4) is 0 Å². The number of carbonyl (C=O) groups is 1. The Bertz CT molecular complexity index is 719. The van der Waals surface area contributed by atoms with Crippen LogP contribution in [0.3, 0.4) is 0 Å². The Morgan fingerprint density at radius 2 is 1.96 bits per heavy atom. The van der Waals surface area contributed by atoms with Crippen molar-refractivity contribution in [2.45, 2.75) is 36.2 Å². The van der Waals surface area contributed by atoms with E-state index in [1.54, 1.807) is 0 Å². The third-order valence-corrected chi connectivity index (χ3v) is 5.55. The second-order valence-corrected chi connectivity index (χ2v) is 7.68. The number of benzene rings is 1.